The fraction of sp³-hybridized carbons (Fsp3) is 0. The zero-order valence-electron chi connectivity index (χ0n) is 31.8. The maximum Gasteiger partial charge on any atom is 0.137 e. The predicted octanol–water partition coefficient (Wildman–Crippen LogP) is 14.9. The molecule has 9 aromatic carbocycles. The molecule has 6 aromatic heterocycles. The second-order valence-corrected chi connectivity index (χ2v) is 17.1. The summed E-state index contributed by atoms with van der Waals surface area (Å²) in [6.45, 7) is 0. The van der Waals surface area contributed by atoms with Crippen LogP contribution >= 0.6 is 11.3 Å². The number of hydrogen-bond donors (Lipinski definition) is 0. The van der Waals surface area contributed by atoms with E-state index < -0.39 is 0 Å². The molecular weight excluding hydrogens is 753 g/mol. The third-order valence-corrected chi connectivity index (χ3v) is 14.2. The zero-order chi connectivity index (χ0) is 38.8. The van der Waals surface area contributed by atoms with Gasteiger partial charge in [0.2, 0.25) is 0 Å². The molecule has 0 atom stereocenters. The SMILES string of the molecule is c1ccc2nc(-c3cccc4sc5ccccc5c34)c(-c3ccc(-n4c5ccc6oc7ccc8c9ccccc9n9c%10cccc4c%10c5c6c7c89)c4ccccc34)nc2c1. The van der Waals surface area contributed by atoms with Crippen LogP contribution in [0.4, 0.5) is 0 Å². The lowest BCUT2D eigenvalue weighted by Gasteiger charge is -2.17. The van der Waals surface area contributed by atoms with E-state index in [1.165, 1.54) is 69.0 Å². The monoisotopic (exact) mass is 780 g/mol. The molecule has 15 aromatic rings. The van der Waals surface area contributed by atoms with Crippen LogP contribution in [0.1, 0.15) is 0 Å². The molecule has 6 heteroatoms. The molecule has 5 nitrogen and oxygen atoms in total. The van der Waals surface area contributed by atoms with Gasteiger partial charge in [-0.2, -0.15) is 0 Å². The summed E-state index contributed by atoms with van der Waals surface area (Å²) in [7, 11) is 0. The number of thiophene rings is 1. The Balaban J connectivity index is 1.06. The Hall–Kier alpha value is -7.80. The summed E-state index contributed by atoms with van der Waals surface area (Å²) in [4.78, 5) is 10.9. The van der Waals surface area contributed by atoms with Crippen molar-refractivity contribution in [2.24, 2.45) is 0 Å². The molecule has 0 aliphatic heterocycles. The average molecular weight is 781 g/mol. The van der Waals surface area contributed by atoms with E-state index in [9.17, 15) is 0 Å². The molecule has 0 aliphatic carbocycles. The lowest BCUT2D eigenvalue weighted by molar-refractivity contribution is 0.669. The average Bonchev–Trinajstić information content (AvgIpc) is 4.03. The van der Waals surface area contributed by atoms with Crippen LogP contribution in [-0.4, -0.2) is 18.9 Å². The lowest BCUT2D eigenvalue weighted by atomic mass is 9.95. The molecule has 0 N–H and O–H groups in total. The molecule has 0 radical (unpaired) electrons. The minimum atomic E-state index is 0.874. The molecule has 0 saturated heterocycles. The standard InChI is InChI=1S/C54H28N4OS/c1-2-12-30-29(11-1)32(52-53(56-37-17-6-5-16-36(37)55-52)35-15-9-22-46-47(35)34-14-4-8-21-45(34)60-46)23-25-39(30)57-40-19-10-20-41-48(40)49-42(57)26-28-43-50(49)51-44(59-43)27-24-33-31-13-3-7-18-38(31)58(41)54(33)51/h1-28H. The molecule has 0 amide bonds. The van der Waals surface area contributed by atoms with E-state index in [2.05, 4.69) is 167 Å². The van der Waals surface area contributed by atoms with Gasteiger partial charge in [0.1, 0.15) is 11.2 Å². The third kappa shape index (κ3) is 3.78. The van der Waals surface area contributed by atoms with Crippen molar-refractivity contribution in [1.29, 1.82) is 0 Å². The van der Waals surface area contributed by atoms with Gasteiger partial charge in [0.05, 0.1) is 61.1 Å². The van der Waals surface area contributed by atoms with E-state index in [1.54, 1.807) is 0 Å². The molecular formula is C54H28N4OS. The summed E-state index contributed by atoms with van der Waals surface area (Å²) < 4.78 is 14.1. The van der Waals surface area contributed by atoms with Crippen LogP contribution in [0.25, 0.3) is 141 Å². The summed E-state index contributed by atoms with van der Waals surface area (Å²) in [6.07, 6.45) is 0. The lowest BCUT2D eigenvalue weighted by Crippen LogP contribution is -1.99. The second-order valence-electron chi connectivity index (χ2n) is 16.0. The molecule has 15 rings (SSSR count). The minimum absolute atomic E-state index is 0.874. The molecule has 0 saturated carbocycles. The Bertz CT molecular complexity index is 4320. The molecule has 276 valence electrons. The Morgan fingerprint density at radius 1 is 0.383 bits per heavy atom. The highest BCUT2D eigenvalue weighted by Gasteiger charge is 2.27. The first-order valence-electron chi connectivity index (χ1n) is 20.3. The van der Waals surface area contributed by atoms with Crippen molar-refractivity contribution >= 4 is 124 Å². The number of benzene rings is 9. The van der Waals surface area contributed by atoms with Gasteiger partial charge in [0.25, 0.3) is 0 Å². The summed E-state index contributed by atoms with van der Waals surface area (Å²) in [6, 6.07) is 61.2. The highest BCUT2D eigenvalue weighted by atomic mass is 32.1. The van der Waals surface area contributed by atoms with Crippen LogP contribution in [0.5, 0.6) is 0 Å². The van der Waals surface area contributed by atoms with Gasteiger partial charge < -0.3 is 13.4 Å². The summed E-state index contributed by atoms with van der Waals surface area (Å²) in [5, 5.41) is 12.0. The van der Waals surface area contributed by atoms with Crippen molar-refractivity contribution in [2.45, 2.75) is 0 Å². The normalized spacial score (nSPS) is 12.7. The van der Waals surface area contributed by atoms with Crippen molar-refractivity contribution in [3.8, 4) is 28.2 Å². The van der Waals surface area contributed by atoms with Gasteiger partial charge in [-0.25, -0.2) is 9.97 Å². The largest absolute Gasteiger partial charge is 0.456 e. The number of para-hydroxylation sites is 3. The molecule has 0 unspecified atom stereocenters. The Morgan fingerprint density at radius 2 is 1.03 bits per heavy atom. The number of nitrogens with zero attached hydrogens (tertiary/aromatic N) is 4. The first-order valence-corrected chi connectivity index (χ1v) is 21.1. The summed E-state index contributed by atoms with van der Waals surface area (Å²) >= 11 is 1.83. The van der Waals surface area contributed by atoms with Crippen LogP contribution in [0.3, 0.4) is 0 Å². The topological polar surface area (TPSA) is 48.3 Å². The van der Waals surface area contributed by atoms with Crippen LogP contribution in [0, 0.1) is 0 Å². The Kier molecular flexibility index (Phi) is 5.74. The van der Waals surface area contributed by atoms with Gasteiger partial charge in [0, 0.05) is 63.6 Å². The third-order valence-electron chi connectivity index (χ3n) is 13.0. The number of aromatic nitrogens is 4. The van der Waals surface area contributed by atoms with Crippen LogP contribution < -0.4 is 0 Å². The van der Waals surface area contributed by atoms with Gasteiger partial charge in [-0.15, -0.1) is 11.3 Å². The van der Waals surface area contributed by atoms with E-state index in [1.807, 2.05) is 23.5 Å². The number of fused-ring (bicyclic) bond motifs is 9. The van der Waals surface area contributed by atoms with E-state index in [4.69, 9.17) is 14.4 Å². The molecule has 0 spiro atoms. The first-order chi connectivity index (χ1) is 29.8. The zero-order valence-corrected chi connectivity index (χ0v) is 32.6. The fourth-order valence-corrected chi connectivity index (χ4v) is 11.8. The van der Waals surface area contributed by atoms with Gasteiger partial charge in [-0.1, -0.05) is 91.0 Å². The fourth-order valence-electron chi connectivity index (χ4n) is 10.7. The van der Waals surface area contributed by atoms with E-state index in [0.717, 1.165) is 72.2 Å². The quantitative estimate of drug-likeness (QED) is 0.179. The number of rotatable bonds is 3. The molecule has 0 bridgehead atoms. The molecule has 0 aliphatic rings. The first kappa shape index (κ1) is 31.2. The van der Waals surface area contributed by atoms with E-state index >= 15 is 0 Å². The second kappa shape index (κ2) is 11.0. The Morgan fingerprint density at radius 3 is 1.92 bits per heavy atom. The van der Waals surface area contributed by atoms with Gasteiger partial charge >= 0.3 is 0 Å². The maximum absolute atomic E-state index is 6.67. The summed E-state index contributed by atoms with van der Waals surface area (Å²) in [5.41, 5.74) is 14.5. The highest BCUT2D eigenvalue weighted by Crippen LogP contribution is 2.50. The van der Waals surface area contributed by atoms with Gasteiger partial charge in [-0.3, -0.25) is 0 Å². The van der Waals surface area contributed by atoms with E-state index in [0.29, 0.717) is 0 Å². The number of hydrogen-bond acceptors (Lipinski definition) is 4. The number of furan rings is 1. The van der Waals surface area contributed by atoms with Crippen molar-refractivity contribution < 1.29 is 4.42 Å². The highest BCUT2D eigenvalue weighted by molar-refractivity contribution is 7.25. The molecule has 6 heterocycles. The van der Waals surface area contributed by atoms with Crippen molar-refractivity contribution in [2.75, 3.05) is 0 Å². The Labute approximate surface area is 344 Å². The van der Waals surface area contributed by atoms with Crippen molar-refractivity contribution in [3.63, 3.8) is 0 Å². The smallest absolute Gasteiger partial charge is 0.137 e. The maximum atomic E-state index is 6.67. The van der Waals surface area contributed by atoms with Gasteiger partial charge in [-0.05, 0) is 84.2 Å². The van der Waals surface area contributed by atoms with Crippen molar-refractivity contribution in [1.82, 2.24) is 18.9 Å². The summed E-state index contributed by atoms with van der Waals surface area (Å²) in [5.74, 6) is 0. The molecule has 60 heavy (non-hydrogen) atoms. The van der Waals surface area contributed by atoms with Crippen LogP contribution in [0.15, 0.2) is 174 Å². The van der Waals surface area contributed by atoms with Crippen LogP contribution in [-0.2, 0) is 0 Å². The molecule has 0 fully saturated rings. The minimum Gasteiger partial charge on any atom is -0.456 e. The van der Waals surface area contributed by atoms with Crippen molar-refractivity contribution in [3.05, 3.63) is 170 Å². The van der Waals surface area contributed by atoms with Crippen LogP contribution in [0.2, 0.25) is 0 Å². The van der Waals surface area contributed by atoms with Gasteiger partial charge in [0.15, 0.2) is 0 Å². The van der Waals surface area contributed by atoms with E-state index in [-0.39, 0.29) is 0 Å². The predicted molar refractivity (Wildman–Crippen MR) is 251 cm³/mol.